The number of benzene rings is 3. The van der Waals surface area contributed by atoms with Gasteiger partial charge in [0.25, 0.3) is 5.84 Å². The first-order chi connectivity index (χ1) is 29.4. The molecule has 3 aromatic carbocycles. The van der Waals surface area contributed by atoms with Crippen LogP contribution in [0.5, 0.6) is 0 Å². The third-order valence-electron chi connectivity index (χ3n) is 11.1. The second-order valence-electron chi connectivity index (χ2n) is 16.9. The van der Waals surface area contributed by atoms with Crippen LogP contribution in [0.4, 0.5) is 5.82 Å². The number of unbranched alkanes of at least 4 members (excludes halogenated alkanes) is 4. The number of amidine groups is 1. The number of likely N-dealkylation sites (tertiary alicyclic amines) is 1. The molecule has 6 rings (SSSR count). The molecule has 4 aromatic rings. The summed E-state index contributed by atoms with van der Waals surface area (Å²) in [5.74, 6) is 6.65. The third kappa shape index (κ3) is 11.7. The summed E-state index contributed by atoms with van der Waals surface area (Å²) in [7, 11) is 0. The summed E-state index contributed by atoms with van der Waals surface area (Å²) in [4.78, 5) is 48.6. The predicted octanol–water partition coefficient (Wildman–Crippen LogP) is 8.02. The number of hydrogen-bond acceptors (Lipinski definition) is 6. The monoisotopic (exact) mass is 820 g/mol. The molecule has 2 atom stereocenters. The maximum atomic E-state index is 13.0. The molecule has 316 valence electrons. The van der Waals surface area contributed by atoms with E-state index >= 15 is 0 Å². The highest BCUT2D eigenvalue weighted by Gasteiger charge is 2.37. The summed E-state index contributed by atoms with van der Waals surface area (Å²) in [6.07, 6.45) is 8.67. The topological polar surface area (TPSA) is 143 Å². The van der Waals surface area contributed by atoms with Crippen molar-refractivity contribution in [2.24, 2.45) is 21.3 Å². The van der Waals surface area contributed by atoms with Gasteiger partial charge in [0, 0.05) is 63.0 Å². The Bertz CT molecular complexity index is 2350. The molecule has 0 aliphatic carbocycles. The molecule has 0 spiro atoms. The molecule has 1 aromatic heterocycles. The van der Waals surface area contributed by atoms with Gasteiger partial charge in [-0.2, -0.15) is 5.41 Å². The minimum atomic E-state index is -0.524. The SMILES string of the molecule is C=[N+]1C=Nc2c(c(-c3ccccc3)c(-c3ccccc3)n2Cc2cccc(C#CCCNC(=O)CCCCCCCC(=O)N=CC(C(=O)N3CC[C@@H](O)C3)C(C)(C)C)c2)C1=N. The smallest absolute Gasteiger partial charge is 0.271 e. The fourth-order valence-corrected chi connectivity index (χ4v) is 7.78. The Labute approximate surface area is 359 Å². The maximum absolute atomic E-state index is 13.0. The second kappa shape index (κ2) is 20.8. The molecular formula is C50H58N7O4+. The van der Waals surface area contributed by atoms with Gasteiger partial charge in [0.15, 0.2) is 0 Å². The van der Waals surface area contributed by atoms with Crippen LogP contribution in [0.1, 0.15) is 95.2 Å². The van der Waals surface area contributed by atoms with Gasteiger partial charge in [-0.3, -0.25) is 14.4 Å². The van der Waals surface area contributed by atoms with Crippen molar-refractivity contribution in [1.29, 1.82) is 5.41 Å². The highest BCUT2D eigenvalue weighted by molar-refractivity contribution is 6.10. The van der Waals surface area contributed by atoms with Gasteiger partial charge in [-0.25, -0.2) is 9.57 Å². The van der Waals surface area contributed by atoms with Crippen molar-refractivity contribution in [1.82, 2.24) is 14.8 Å². The molecule has 1 fully saturated rings. The van der Waals surface area contributed by atoms with Gasteiger partial charge in [0.05, 0.1) is 24.3 Å². The Hall–Kier alpha value is -6.25. The largest absolute Gasteiger partial charge is 0.391 e. The molecule has 3 heterocycles. The molecule has 1 unspecified atom stereocenters. The number of amides is 3. The maximum Gasteiger partial charge on any atom is 0.271 e. The first-order valence-electron chi connectivity index (χ1n) is 21.4. The summed E-state index contributed by atoms with van der Waals surface area (Å²) in [5, 5.41) is 21.8. The molecular weight excluding hydrogens is 763 g/mol. The Morgan fingerprint density at radius 2 is 1.66 bits per heavy atom. The highest BCUT2D eigenvalue weighted by atomic mass is 16.3. The molecule has 3 amide bonds. The Morgan fingerprint density at radius 1 is 0.967 bits per heavy atom. The van der Waals surface area contributed by atoms with Crippen LogP contribution in [0, 0.1) is 28.6 Å². The normalized spacial score (nSPS) is 15.4. The van der Waals surface area contributed by atoms with E-state index in [0.717, 1.165) is 64.8 Å². The minimum Gasteiger partial charge on any atom is -0.391 e. The fraction of sp³-hybridized carbons (Fsp3) is 0.380. The summed E-state index contributed by atoms with van der Waals surface area (Å²) < 4.78 is 3.68. The number of nitrogens with one attached hydrogen (secondary N) is 2. The number of aromatic nitrogens is 1. The lowest BCUT2D eigenvalue weighted by molar-refractivity contribution is -0.246. The fourth-order valence-electron chi connectivity index (χ4n) is 7.78. The lowest BCUT2D eigenvalue weighted by Gasteiger charge is -2.30. The van der Waals surface area contributed by atoms with Gasteiger partial charge in [-0.15, -0.1) is 0 Å². The quantitative estimate of drug-likeness (QED) is 0.0456. The zero-order valence-electron chi connectivity index (χ0n) is 35.7. The van der Waals surface area contributed by atoms with Crippen LogP contribution in [0.25, 0.3) is 22.4 Å². The van der Waals surface area contributed by atoms with E-state index in [0.29, 0.717) is 64.1 Å². The van der Waals surface area contributed by atoms with E-state index in [9.17, 15) is 19.5 Å². The summed E-state index contributed by atoms with van der Waals surface area (Å²) in [5.41, 5.74) is 6.24. The number of nitrogens with zero attached hydrogens (tertiary/aromatic N) is 5. The van der Waals surface area contributed by atoms with Crippen LogP contribution in [-0.2, 0) is 20.9 Å². The lowest BCUT2D eigenvalue weighted by Crippen LogP contribution is -2.41. The zero-order chi connectivity index (χ0) is 43.4. The number of hydrogen-bond donors (Lipinski definition) is 3. The Kier molecular flexibility index (Phi) is 15.1. The number of aliphatic imine (C=N–C) groups is 2. The molecule has 11 heteroatoms. The van der Waals surface area contributed by atoms with Crippen LogP contribution >= 0.6 is 0 Å². The molecule has 61 heavy (non-hydrogen) atoms. The van der Waals surface area contributed by atoms with E-state index in [2.05, 4.69) is 69.8 Å². The molecule has 1 saturated heterocycles. The van der Waals surface area contributed by atoms with Crippen molar-refractivity contribution in [2.75, 3.05) is 19.6 Å². The van der Waals surface area contributed by atoms with E-state index in [1.165, 1.54) is 10.8 Å². The average Bonchev–Trinajstić information content (AvgIpc) is 3.83. The Balaban J connectivity index is 0.948. The van der Waals surface area contributed by atoms with Crippen molar-refractivity contribution < 1.29 is 24.1 Å². The van der Waals surface area contributed by atoms with Crippen molar-refractivity contribution in [2.45, 2.75) is 91.2 Å². The molecule has 11 nitrogen and oxygen atoms in total. The van der Waals surface area contributed by atoms with Crippen molar-refractivity contribution in [3.05, 3.63) is 102 Å². The van der Waals surface area contributed by atoms with E-state index in [1.54, 1.807) is 11.2 Å². The molecule has 0 saturated carbocycles. The molecule has 0 radical (unpaired) electrons. The van der Waals surface area contributed by atoms with Crippen LogP contribution in [-0.4, -0.2) is 87.7 Å². The van der Waals surface area contributed by atoms with Crippen LogP contribution in [0.2, 0.25) is 0 Å². The minimum absolute atomic E-state index is 0.0107. The average molecular weight is 821 g/mol. The number of β-amino-alcohol motifs (C(OH)–C–C–N with tert-alkyl or cyclic N) is 1. The van der Waals surface area contributed by atoms with Gasteiger partial charge in [0.1, 0.15) is 5.56 Å². The van der Waals surface area contributed by atoms with Gasteiger partial charge >= 0.3 is 0 Å². The van der Waals surface area contributed by atoms with Gasteiger partial charge in [-0.1, -0.05) is 130 Å². The van der Waals surface area contributed by atoms with Gasteiger partial charge < -0.3 is 19.9 Å². The lowest BCUT2D eigenvalue weighted by atomic mass is 9.80. The van der Waals surface area contributed by atoms with Crippen molar-refractivity contribution in [3.63, 3.8) is 0 Å². The predicted molar refractivity (Wildman–Crippen MR) is 244 cm³/mol. The summed E-state index contributed by atoms with van der Waals surface area (Å²) in [6.45, 7) is 11.7. The highest BCUT2D eigenvalue weighted by Crippen LogP contribution is 2.44. The van der Waals surface area contributed by atoms with E-state index < -0.39 is 17.4 Å². The molecule has 0 bridgehead atoms. The number of carbonyl (C=O) groups excluding carboxylic acids is 3. The number of aliphatic hydroxyl groups excluding tert-OH is 1. The van der Waals surface area contributed by atoms with E-state index in [-0.39, 0.29) is 23.6 Å². The molecule has 2 aliphatic rings. The van der Waals surface area contributed by atoms with Crippen molar-refractivity contribution >= 4 is 48.6 Å². The number of aliphatic hydroxyl groups is 1. The van der Waals surface area contributed by atoms with E-state index in [1.807, 2.05) is 69.3 Å². The van der Waals surface area contributed by atoms with Crippen molar-refractivity contribution in [3.8, 4) is 34.2 Å². The van der Waals surface area contributed by atoms with Crippen LogP contribution in [0.3, 0.4) is 0 Å². The first-order valence-corrected chi connectivity index (χ1v) is 21.4. The summed E-state index contributed by atoms with van der Waals surface area (Å²) >= 11 is 0. The van der Waals surface area contributed by atoms with Crippen LogP contribution in [0.15, 0.2) is 94.9 Å². The standard InChI is InChI=1S/C50H57N7O4/c1-50(2,3)41(49(61)56-30-28-40(58)34-56)32-53-43(60)27-15-7-5-6-14-26-42(59)52-29-17-16-19-36-20-18-21-37(31-36)33-57-46(39-24-12-9-13-25-39)44(38-22-10-8-11-23-38)45-47(51)55(4)35-54-48(45)57/h8-13,18,20-25,31-32,35,40-41,51,58H,4-7,14-15,17,26-30,33-34H2,1-3H3/p+1/t40-,41?/m1/s1. The summed E-state index contributed by atoms with van der Waals surface area (Å²) in [6, 6.07) is 28.5. The molecule has 2 aliphatic heterocycles. The Morgan fingerprint density at radius 3 is 2.34 bits per heavy atom. The van der Waals surface area contributed by atoms with E-state index in [4.69, 9.17) is 10.4 Å². The third-order valence-corrected chi connectivity index (χ3v) is 11.1. The van der Waals surface area contributed by atoms with Crippen LogP contribution < -0.4 is 5.32 Å². The zero-order valence-corrected chi connectivity index (χ0v) is 35.7. The van der Waals surface area contributed by atoms with Gasteiger partial charge in [-0.05, 0) is 53.5 Å². The number of rotatable bonds is 16. The van der Waals surface area contributed by atoms with Gasteiger partial charge in [0.2, 0.25) is 29.9 Å². The first kappa shape index (κ1) is 44.3. The number of carbonyl (C=O) groups is 3. The number of fused-ring (bicyclic) bond motifs is 1. The molecule has 3 N–H and O–H groups in total. The second-order valence-corrected chi connectivity index (χ2v) is 16.9.